The Balaban J connectivity index is 2.51. The minimum Gasteiger partial charge on any atom is -0.494 e. The van der Waals surface area contributed by atoms with E-state index in [4.69, 9.17) is 4.74 Å². The summed E-state index contributed by atoms with van der Waals surface area (Å²) in [5, 5.41) is 0. The van der Waals surface area contributed by atoms with E-state index in [2.05, 4.69) is 15.9 Å². The molecule has 2 rings (SSSR count). The number of halogens is 3. The van der Waals surface area contributed by atoms with Crippen LogP contribution in [0.5, 0.6) is 5.75 Å². The van der Waals surface area contributed by atoms with Crippen molar-refractivity contribution in [3.8, 4) is 5.75 Å². The van der Waals surface area contributed by atoms with Gasteiger partial charge in [-0.3, -0.25) is 0 Å². The third-order valence-electron chi connectivity index (χ3n) is 3.29. The minimum absolute atomic E-state index is 0.391. The predicted molar refractivity (Wildman–Crippen MR) is 84.2 cm³/mol. The van der Waals surface area contributed by atoms with E-state index in [0.29, 0.717) is 23.5 Å². The monoisotopic (exact) mass is 354 g/mol. The highest BCUT2D eigenvalue weighted by molar-refractivity contribution is 9.09. The van der Waals surface area contributed by atoms with Gasteiger partial charge >= 0.3 is 0 Å². The van der Waals surface area contributed by atoms with Crippen LogP contribution in [0.15, 0.2) is 30.3 Å². The van der Waals surface area contributed by atoms with Gasteiger partial charge in [0.15, 0.2) is 0 Å². The average molecular weight is 355 g/mol. The van der Waals surface area contributed by atoms with Gasteiger partial charge in [0.1, 0.15) is 17.4 Å². The van der Waals surface area contributed by atoms with Gasteiger partial charge < -0.3 is 4.74 Å². The molecule has 0 saturated heterocycles. The van der Waals surface area contributed by atoms with Crippen molar-refractivity contribution in [2.75, 3.05) is 6.61 Å². The van der Waals surface area contributed by atoms with Crippen LogP contribution in [0, 0.1) is 25.5 Å². The molecule has 0 aromatic heterocycles. The lowest BCUT2D eigenvalue weighted by Crippen LogP contribution is -2.03. The molecule has 1 nitrogen and oxygen atoms in total. The molecule has 2 aromatic carbocycles. The lowest BCUT2D eigenvalue weighted by Gasteiger charge is -2.17. The lowest BCUT2D eigenvalue weighted by atomic mass is 10.00. The fourth-order valence-electron chi connectivity index (χ4n) is 2.19. The third kappa shape index (κ3) is 3.43. The second-order valence-corrected chi connectivity index (χ2v) is 5.88. The van der Waals surface area contributed by atoms with E-state index in [0.717, 1.165) is 17.2 Å². The van der Waals surface area contributed by atoms with Crippen LogP contribution in [0.1, 0.15) is 34.0 Å². The number of alkyl halides is 1. The minimum atomic E-state index is -0.566. The van der Waals surface area contributed by atoms with Gasteiger partial charge in [-0.25, -0.2) is 8.78 Å². The van der Waals surface area contributed by atoms with Crippen molar-refractivity contribution in [3.05, 3.63) is 64.2 Å². The fraction of sp³-hybridized carbons (Fsp3) is 0.294. The Morgan fingerprint density at radius 2 is 1.76 bits per heavy atom. The van der Waals surface area contributed by atoms with Crippen LogP contribution >= 0.6 is 15.9 Å². The highest BCUT2D eigenvalue weighted by Crippen LogP contribution is 2.38. The number of rotatable bonds is 4. The Bertz CT molecular complexity index is 655. The van der Waals surface area contributed by atoms with Gasteiger partial charge in [0.25, 0.3) is 0 Å². The molecular formula is C17H17BrF2O. The molecular weight excluding hydrogens is 338 g/mol. The van der Waals surface area contributed by atoms with Gasteiger partial charge in [0, 0.05) is 17.2 Å². The molecule has 0 aliphatic rings. The van der Waals surface area contributed by atoms with Crippen LogP contribution in [0.4, 0.5) is 8.78 Å². The fourth-order valence-corrected chi connectivity index (χ4v) is 2.90. The summed E-state index contributed by atoms with van der Waals surface area (Å²) in [7, 11) is 0. The summed E-state index contributed by atoms with van der Waals surface area (Å²) in [6, 6.07) is 8.22. The van der Waals surface area contributed by atoms with E-state index < -0.39 is 16.5 Å². The summed E-state index contributed by atoms with van der Waals surface area (Å²) < 4.78 is 33.1. The number of aryl methyl sites for hydroxylation is 2. The van der Waals surface area contributed by atoms with Crippen molar-refractivity contribution < 1.29 is 13.5 Å². The molecule has 0 heterocycles. The molecule has 1 atom stereocenters. The maximum Gasteiger partial charge on any atom is 0.130 e. The first-order valence-electron chi connectivity index (χ1n) is 6.77. The maximum absolute atomic E-state index is 14.1. The van der Waals surface area contributed by atoms with Gasteiger partial charge in [0.05, 0.1) is 11.4 Å². The topological polar surface area (TPSA) is 9.23 Å². The second-order valence-electron chi connectivity index (χ2n) is 4.96. The van der Waals surface area contributed by atoms with Gasteiger partial charge in [-0.15, -0.1) is 0 Å². The Morgan fingerprint density at radius 3 is 2.43 bits per heavy atom. The highest BCUT2D eigenvalue weighted by atomic mass is 79.9. The molecule has 0 aliphatic heterocycles. The summed E-state index contributed by atoms with van der Waals surface area (Å²) in [4.78, 5) is -0.391. The largest absolute Gasteiger partial charge is 0.494 e. The van der Waals surface area contributed by atoms with Crippen LogP contribution in [0.25, 0.3) is 0 Å². The van der Waals surface area contributed by atoms with E-state index in [-0.39, 0.29) is 0 Å². The van der Waals surface area contributed by atoms with Crippen molar-refractivity contribution in [2.45, 2.75) is 25.6 Å². The van der Waals surface area contributed by atoms with Crippen molar-refractivity contribution in [2.24, 2.45) is 0 Å². The van der Waals surface area contributed by atoms with Crippen molar-refractivity contribution in [1.29, 1.82) is 0 Å². The zero-order chi connectivity index (χ0) is 15.6. The summed E-state index contributed by atoms with van der Waals surface area (Å²) in [6.07, 6.45) is 0. The SMILES string of the molecule is CCOc1ccc(C)cc1C(Br)c1cc(C)c(F)cc1F. The predicted octanol–water partition coefficient (Wildman–Crippen LogP) is 5.46. The van der Waals surface area contributed by atoms with Crippen LogP contribution in [-0.2, 0) is 0 Å². The molecule has 0 spiro atoms. The van der Waals surface area contributed by atoms with Crippen LogP contribution in [0.3, 0.4) is 0 Å². The number of benzene rings is 2. The maximum atomic E-state index is 14.1. The van der Waals surface area contributed by atoms with Crippen molar-refractivity contribution in [1.82, 2.24) is 0 Å². The molecule has 0 radical (unpaired) electrons. The first-order chi connectivity index (χ1) is 9.93. The van der Waals surface area contributed by atoms with Gasteiger partial charge in [-0.2, -0.15) is 0 Å². The third-order valence-corrected chi connectivity index (χ3v) is 4.28. The first-order valence-corrected chi connectivity index (χ1v) is 7.68. The molecule has 0 bridgehead atoms. The standard InChI is InChI=1S/C17H17BrF2O/c1-4-21-16-6-5-10(2)7-13(16)17(18)12-8-11(3)14(19)9-15(12)20/h5-9,17H,4H2,1-3H3. The quantitative estimate of drug-likeness (QED) is 0.662. The van der Waals surface area contributed by atoms with Crippen LogP contribution < -0.4 is 4.74 Å². The van der Waals surface area contributed by atoms with E-state index in [1.165, 1.54) is 6.07 Å². The van der Waals surface area contributed by atoms with Crippen molar-refractivity contribution >= 4 is 15.9 Å². The summed E-state index contributed by atoms with van der Waals surface area (Å²) in [5.74, 6) is -0.402. The first kappa shape index (κ1) is 16.0. The highest BCUT2D eigenvalue weighted by Gasteiger charge is 2.20. The van der Waals surface area contributed by atoms with Crippen LogP contribution in [-0.4, -0.2) is 6.61 Å². The van der Waals surface area contributed by atoms with E-state index in [9.17, 15) is 8.78 Å². The molecule has 4 heteroatoms. The Morgan fingerprint density at radius 1 is 1.05 bits per heavy atom. The summed E-state index contributed by atoms with van der Waals surface area (Å²) in [6.45, 7) is 6.01. The van der Waals surface area contributed by atoms with Gasteiger partial charge in [-0.05, 0) is 38.5 Å². The molecule has 0 saturated carbocycles. The Hall–Kier alpha value is -1.42. The zero-order valence-corrected chi connectivity index (χ0v) is 13.8. The molecule has 0 amide bonds. The Labute approximate surface area is 132 Å². The molecule has 21 heavy (non-hydrogen) atoms. The van der Waals surface area contributed by atoms with E-state index in [1.807, 2.05) is 32.0 Å². The average Bonchev–Trinajstić information content (AvgIpc) is 2.44. The number of hydrogen-bond donors (Lipinski definition) is 0. The molecule has 1 unspecified atom stereocenters. The van der Waals surface area contributed by atoms with Gasteiger partial charge in [0.2, 0.25) is 0 Å². The normalized spacial score (nSPS) is 12.3. The number of ether oxygens (including phenoxy) is 1. The molecule has 0 N–H and O–H groups in total. The smallest absolute Gasteiger partial charge is 0.130 e. The van der Waals surface area contributed by atoms with E-state index in [1.54, 1.807) is 6.92 Å². The van der Waals surface area contributed by atoms with E-state index >= 15 is 0 Å². The molecule has 0 fully saturated rings. The Kier molecular flexibility index (Phi) is 4.99. The molecule has 2 aromatic rings. The molecule has 0 aliphatic carbocycles. The number of hydrogen-bond acceptors (Lipinski definition) is 1. The van der Waals surface area contributed by atoms with Crippen molar-refractivity contribution in [3.63, 3.8) is 0 Å². The van der Waals surface area contributed by atoms with Gasteiger partial charge in [-0.1, -0.05) is 33.6 Å². The summed E-state index contributed by atoms with van der Waals surface area (Å²) in [5.41, 5.74) is 2.71. The second kappa shape index (κ2) is 6.56. The van der Waals surface area contributed by atoms with Crippen LogP contribution in [0.2, 0.25) is 0 Å². The summed E-state index contributed by atoms with van der Waals surface area (Å²) >= 11 is 3.52. The molecule has 112 valence electrons. The lowest BCUT2D eigenvalue weighted by molar-refractivity contribution is 0.337. The zero-order valence-electron chi connectivity index (χ0n) is 12.2.